The summed E-state index contributed by atoms with van der Waals surface area (Å²) in [4.78, 5) is 24.0. The molecule has 2 rings (SSSR count). The van der Waals surface area contributed by atoms with E-state index in [0.29, 0.717) is 27.0 Å². The van der Waals surface area contributed by atoms with Crippen molar-refractivity contribution >= 4 is 69.0 Å². The van der Waals surface area contributed by atoms with Gasteiger partial charge in [-0.05, 0) is 65.9 Å². The molecule has 2 amide bonds. The highest BCUT2D eigenvalue weighted by Crippen LogP contribution is 2.25. The molecule has 2 aromatic rings. The summed E-state index contributed by atoms with van der Waals surface area (Å²) in [6.07, 6.45) is 0.0346. The molecule has 2 aromatic carbocycles. The third-order valence-corrected chi connectivity index (χ3v) is 4.46. The molecule has 0 aliphatic heterocycles. The number of hydrogen-bond acceptors (Lipinski definition) is 3. The van der Waals surface area contributed by atoms with Crippen molar-refractivity contribution in [3.05, 3.63) is 61.6 Å². The van der Waals surface area contributed by atoms with E-state index in [9.17, 15) is 9.59 Å². The van der Waals surface area contributed by atoms with Gasteiger partial charge in [0.25, 0.3) is 5.91 Å². The van der Waals surface area contributed by atoms with Gasteiger partial charge in [0.1, 0.15) is 0 Å². The van der Waals surface area contributed by atoms with Gasteiger partial charge in [-0.3, -0.25) is 9.59 Å². The Morgan fingerprint density at radius 1 is 1.12 bits per heavy atom. The minimum atomic E-state index is -0.331. The summed E-state index contributed by atoms with van der Waals surface area (Å²) in [5.74, 6) is -0.606. The predicted octanol–water partition coefficient (Wildman–Crippen LogP) is 4.73. The highest BCUT2D eigenvalue weighted by atomic mass is 127. The quantitative estimate of drug-likeness (QED) is 0.362. The van der Waals surface area contributed by atoms with Crippen molar-refractivity contribution in [3.63, 3.8) is 0 Å². The van der Waals surface area contributed by atoms with Gasteiger partial charge in [-0.25, -0.2) is 5.43 Å². The van der Waals surface area contributed by atoms with E-state index in [0.717, 1.165) is 3.57 Å². The normalized spacial score (nSPS) is 11.1. The lowest BCUT2D eigenvalue weighted by Gasteiger charge is -2.07. The fraction of sp³-hybridized carbons (Fsp3) is 0.118. The van der Waals surface area contributed by atoms with Crippen LogP contribution in [0.15, 0.2) is 47.6 Å². The third-order valence-electron chi connectivity index (χ3n) is 3.05. The van der Waals surface area contributed by atoms with Gasteiger partial charge < -0.3 is 5.32 Å². The van der Waals surface area contributed by atoms with Crippen LogP contribution in [0.3, 0.4) is 0 Å². The van der Waals surface area contributed by atoms with E-state index in [1.165, 1.54) is 0 Å². The number of halogens is 3. The Bertz CT molecular complexity index is 840. The van der Waals surface area contributed by atoms with E-state index in [2.05, 4.69) is 38.4 Å². The second kappa shape index (κ2) is 9.17. The zero-order valence-electron chi connectivity index (χ0n) is 13.1. The smallest absolute Gasteiger partial charge is 0.271 e. The monoisotopic (exact) mass is 489 g/mol. The predicted molar refractivity (Wildman–Crippen MR) is 109 cm³/mol. The first-order valence-electron chi connectivity index (χ1n) is 7.19. The van der Waals surface area contributed by atoms with Crippen LogP contribution in [-0.4, -0.2) is 17.5 Å². The van der Waals surface area contributed by atoms with Gasteiger partial charge in [-0.15, -0.1) is 0 Å². The molecule has 0 spiro atoms. The van der Waals surface area contributed by atoms with Crippen molar-refractivity contribution in [1.82, 2.24) is 5.43 Å². The number of carbonyl (C=O) groups is 2. The molecular weight excluding hydrogens is 476 g/mol. The fourth-order valence-corrected chi connectivity index (χ4v) is 2.73. The largest absolute Gasteiger partial charge is 0.326 e. The van der Waals surface area contributed by atoms with Gasteiger partial charge in [-0.1, -0.05) is 29.3 Å². The number of amides is 2. The molecule has 25 heavy (non-hydrogen) atoms. The van der Waals surface area contributed by atoms with Crippen LogP contribution in [0.5, 0.6) is 0 Å². The molecule has 0 aliphatic rings. The molecule has 0 aliphatic carbocycles. The maximum atomic E-state index is 12.0. The molecule has 0 fully saturated rings. The average molecular weight is 490 g/mol. The lowest BCUT2D eigenvalue weighted by atomic mass is 10.2. The minimum Gasteiger partial charge on any atom is -0.326 e. The first kappa shape index (κ1) is 19.7. The highest BCUT2D eigenvalue weighted by Gasteiger charge is 2.08. The molecule has 0 saturated heterocycles. The Balaban J connectivity index is 1.90. The summed E-state index contributed by atoms with van der Waals surface area (Å²) < 4.78 is 0.951. The van der Waals surface area contributed by atoms with Crippen molar-refractivity contribution in [2.75, 3.05) is 5.32 Å². The van der Waals surface area contributed by atoms with Gasteiger partial charge in [0.15, 0.2) is 0 Å². The molecule has 5 nitrogen and oxygen atoms in total. The lowest BCUT2D eigenvalue weighted by molar-refractivity contribution is -0.115. The molecule has 0 aromatic heterocycles. The Morgan fingerprint density at radius 3 is 2.56 bits per heavy atom. The van der Waals surface area contributed by atoms with Crippen molar-refractivity contribution in [2.24, 2.45) is 5.10 Å². The maximum Gasteiger partial charge on any atom is 0.271 e. The van der Waals surface area contributed by atoms with Crippen LogP contribution in [0, 0.1) is 3.57 Å². The van der Waals surface area contributed by atoms with Crippen molar-refractivity contribution in [2.45, 2.75) is 13.3 Å². The van der Waals surface area contributed by atoms with Crippen molar-refractivity contribution in [3.8, 4) is 0 Å². The van der Waals surface area contributed by atoms with Crippen molar-refractivity contribution < 1.29 is 9.59 Å². The third kappa shape index (κ3) is 6.30. The van der Waals surface area contributed by atoms with Gasteiger partial charge in [0, 0.05) is 20.5 Å². The fourth-order valence-electron chi connectivity index (χ4n) is 1.89. The molecule has 8 heteroatoms. The zero-order chi connectivity index (χ0) is 18.4. The Kier molecular flexibility index (Phi) is 7.22. The van der Waals surface area contributed by atoms with Crippen molar-refractivity contribution in [1.29, 1.82) is 0 Å². The van der Waals surface area contributed by atoms with E-state index in [-0.39, 0.29) is 18.2 Å². The van der Waals surface area contributed by atoms with Crippen LogP contribution in [0.25, 0.3) is 0 Å². The summed E-state index contributed by atoms with van der Waals surface area (Å²) >= 11 is 13.9. The van der Waals surface area contributed by atoms with Crippen LogP contribution in [0.4, 0.5) is 5.69 Å². The molecule has 0 radical (unpaired) electrons. The second-order valence-electron chi connectivity index (χ2n) is 5.15. The molecule has 2 N–H and O–H groups in total. The Labute approximate surface area is 168 Å². The first-order valence-corrected chi connectivity index (χ1v) is 9.02. The minimum absolute atomic E-state index is 0.0346. The molecule has 0 saturated carbocycles. The summed E-state index contributed by atoms with van der Waals surface area (Å²) in [7, 11) is 0. The van der Waals surface area contributed by atoms with Gasteiger partial charge >= 0.3 is 0 Å². The Hall–Kier alpha value is -1.64. The zero-order valence-corrected chi connectivity index (χ0v) is 16.8. The summed E-state index contributed by atoms with van der Waals surface area (Å²) in [6.45, 7) is 1.66. The van der Waals surface area contributed by atoms with Gasteiger partial charge in [0.2, 0.25) is 5.91 Å². The number of hydrogen-bond donors (Lipinski definition) is 2. The number of hydrazone groups is 1. The second-order valence-corrected chi connectivity index (χ2v) is 7.21. The standard InChI is InChI=1S/C17H14Cl2IN3O2/c1-10(22-23-17(25)11-3-2-4-12(20)8-11)7-16(24)21-13-5-6-14(18)15(19)9-13/h2-6,8-9H,7H2,1H3,(H,21,24)(H,23,25). The van der Waals surface area contributed by atoms with Crippen LogP contribution >= 0.6 is 45.8 Å². The molecule has 0 heterocycles. The van der Waals surface area contributed by atoms with Crippen LogP contribution < -0.4 is 10.7 Å². The van der Waals surface area contributed by atoms with E-state index in [4.69, 9.17) is 23.2 Å². The number of benzene rings is 2. The van der Waals surface area contributed by atoms with E-state index >= 15 is 0 Å². The number of carbonyl (C=O) groups excluding carboxylic acids is 2. The Morgan fingerprint density at radius 2 is 1.88 bits per heavy atom. The van der Waals surface area contributed by atoms with Gasteiger partial charge in [0.05, 0.1) is 16.5 Å². The summed E-state index contributed by atoms with van der Waals surface area (Å²) in [5.41, 5.74) is 3.95. The topological polar surface area (TPSA) is 70.6 Å². The van der Waals surface area contributed by atoms with Gasteiger partial charge in [-0.2, -0.15) is 5.10 Å². The number of rotatable bonds is 5. The van der Waals surface area contributed by atoms with Crippen LogP contribution in [-0.2, 0) is 4.79 Å². The summed E-state index contributed by atoms with van der Waals surface area (Å²) in [5, 5.41) is 7.41. The molecular formula is C17H14Cl2IN3O2. The average Bonchev–Trinajstić information content (AvgIpc) is 2.56. The highest BCUT2D eigenvalue weighted by molar-refractivity contribution is 14.1. The molecule has 0 bridgehead atoms. The van der Waals surface area contributed by atoms with E-state index < -0.39 is 0 Å². The molecule has 0 atom stereocenters. The number of nitrogens with zero attached hydrogens (tertiary/aromatic N) is 1. The first-order chi connectivity index (χ1) is 11.8. The van der Waals surface area contributed by atoms with E-state index in [1.54, 1.807) is 43.3 Å². The summed E-state index contributed by atoms with van der Waals surface area (Å²) in [6, 6.07) is 11.9. The van der Waals surface area contributed by atoms with Crippen LogP contribution in [0.2, 0.25) is 10.0 Å². The molecule has 130 valence electrons. The van der Waals surface area contributed by atoms with Crippen LogP contribution in [0.1, 0.15) is 23.7 Å². The lowest BCUT2D eigenvalue weighted by Crippen LogP contribution is -2.21. The maximum absolute atomic E-state index is 12.0. The number of nitrogens with one attached hydrogen (secondary N) is 2. The molecule has 0 unspecified atom stereocenters. The SMILES string of the molecule is CC(CC(=O)Nc1ccc(Cl)c(Cl)c1)=NNC(=O)c1cccc(I)c1. The van der Waals surface area contributed by atoms with E-state index in [1.807, 2.05) is 6.07 Å². The number of anilines is 1.